The smallest absolute Gasteiger partial charge is 0.354 e. The van der Waals surface area contributed by atoms with Gasteiger partial charge in [-0.3, -0.25) is 9.59 Å². The Morgan fingerprint density at radius 3 is 2.74 bits per heavy atom. The minimum atomic E-state index is -4.50. The van der Waals surface area contributed by atoms with Crippen LogP contribution in [0.15, 0.2) is 24.3 Å². The molecule has 2 rings (SSSR count). The maximum absolute atomic E-state index is 12.8. The van der Waals surface area contributed by atoms with Gasteiger partial charge in [-0.05, 0) is 35.8 Å². The summed E-state index contributed by atoms with van der Waals surface area (Å²) in [5, 5.41) is 2.91. The van der Waals surface area contributed by atoms with Gasteiger partial charge < -0.3 is 10.2 Å². The second-order valence-electron chi connectivity index (χ2n) is 6.53. The molecule has 1 atom stereocenters. The van der Waals surface area contributed by atoms with Gasteiger partial charge in [0, 0.05) is 23.4 Å². The summed E-state index contributed by atoms with van der Waals surface area (Å²) in [7, 11) is 0. The lowest BCUT2D eigenvalue weighted by molar-refractivity contribution is -0.137. The number of benzene rings is 1. The van der Waals surface area contributed by atoms with Crippen LogP contribution in [0.3, 0.4) is 0 Å². The van der Waals surface area contributed by atoms with Gasteiger partial charge in [-0.15, -0.1) is 11.8 Å². The summed E-state index contributed by atoms with van der Waals surface area (Å²) < 4.78 is 38.5. The van der Waals surface area contributed by atoms with Gasteiger partial charge in [0.05, 0.1) is 11.4 Å². The zero-order chi connectivity index (χ0) is 20.2. The molecule has 148 valence electrons. The lowest BCUT2D eigenvalue weighted by atomic mass is 10.1. The zero-order valence-electron chi connectivity index (χ0n) is 14.8. The first-order chi connectivity index (χ1) is 12.6. The second-order valence-corrected chi connectivity index (χ2v) is 7.94. The Morgan fingerprint density at radius 2 is 2.11 bits per heavy atom. The Morgan fingerprint density at radius 1 is 1.41 bits per heavy atom. The number of alkyl halides is 3. The van der Waals surface area contributed by atoms with E-state index in [2.05, 4.69) is 5.32 Å². The van der Waals surface area contributed by atoms with E-state index in [1.54, 1.807) is 0 Å². The van der Waals surface area contributed by atoms with Crippen molar-refractivity contribution < 1.29 is 22.8 Å². The summed E-state index contributed by atoms with van der Waals surface area (Å²) in [6, 6.07) is 2.32. The van der Waals surface area contributed by atoms with E-state index in [4.69, 9.17) is 11.6 Å². The molecule has 1 saturated heterocycles. The number of carbonyl (C=O) groups is 2. The average Bonchev–Trinajstić information content (AvgIpc) is 3.07. The molecular formula is C18H20ClF3N2O2S. The van der Waals surface area contributed by atoms with Gasteiger partial charge in [0.25, 0.3) is 0 Å². The number of amides is 2. The normalized spacial score (nSPS) is 17.7. The van der Waals surface area contributed by atoms with Crippen LogP contribution in [0.1, 0.15) is 25.0 Å². The van der Waals surface area contributed by atoms with E-state index < -0.39 is 23.7 Å². The first kappa shape index (κ1) is 21.6. The Balaban J connectivity index is 2.11. The lowest BCUT2D eigenvalue weighted by Gasteiger charge is -2.22. The van der Waals surface area contributed by atoms with Crippen molar-refractivity contribution in [2.75, 3.05) is 18.2 Å². The molecule has 1 fully saturated rings. The Kier molecular flexibility index (Phi) is 7.22. The summed E-state index contributed by atoms with van der Waals surface area (Å²) >= 11 is 7.38. The van der Waals surface area contributed by atoms with E-state index in [1.165, 1.54) is 22.7 Å². The third-order valence-corrected chi connectivity index (χ3v) is 5.24. The first-order valence-corrected chi connectivity index (χ1v) is 9.83. The number of thioether (sulfide) groups is 1. The monoisotopic (exact) mass is 420 g/mol. The standard InChI is InChI=1S/C18H20ClF3N2O2S/c1-11(2)8-23-17(26)15-9-27-10-24(15)16(25)6-3-12-7-13(18(20,21)22)4-5-14(12)19/h3-7,11,15H,8-10H2,1-2H3,(H,23,26). The number of hydrogen-bond acceptors (Lipinski definition) is 3. The quantitative estimate of drug-likeness (QED) is 0.731. The summed E-state index contributed by atoms with van der Waals surface area (Å²) in [5.74, 6) is 0.438. The Bertz CT molecular complexity index is 738. The van der Waals surface area contributed by atoms with Crippen LogP contribution in [0, 0.1) is 5.92 Å². The molecule has 0 bridgehead atoms. The third-order valence-electron chi connectivity index (χ3n) is 3.88. The molecule has 1 aromatic rings. The molecule has 0 radical (unpaired) electrons. The number of hydrogen-bond donors (Lipinski definition) is 1. The molecule has 9 heteroatoms. The number of halogens is 4. The largest absolute Gasteiger partial charge is 0.416 e. The van der Waals surface area contributed by atoms with Crippen molar-refractivity contribution in [3.05, 3.63) is 40.4 Å². The van der Waals surface area contributed by atoms with Crippen LogP contribution in [0.2, 0.25) is 5.02 Å². The molecule has 0 aromatic heterocycles. The van der Waals surface area contributed by atoms with E-state index >= 15 is 0 Å². The molecule has 1 aromatic carbocycles. The number of rotatable bonds is 5. The fraction of sp³-hybridized carbons (Fsp3) is 0.444. The minimum Gasteiger partial charge on any atom is -0.354 e. The predicted octanol–water partition coefficient (Wildman–Crippen LogP) is 4.05. The molecule has 1 unspecified atom stereocenters. The van der Waals surface area contributed by atoms with Gasteiger partial charge in [-0.25, -0.2) is 0 Å². The molecule has 4 nitrogen and oxygen atoms in total. The summed E-state index contributed by atoms with van der Waals surface area (Å²) in [6.07, 6.45) is -2.11. The first-order valence-electron chi connectivity index (χ1n) is 8.30. The molecule has 1 heterocycles. The summed E-state index contributed by atoms with van der Waals surface area (Å²) in [4.78, 5) is 26.1. The molecule has 27 heavy (non-hydrogen) atoms. The molecule has 2 amide bonds. The Hall–Kier alpha value is -1.67. The number of nitrogens with zero attached hydrogens (tertiary/aromatic N) is 1. The molecule has 0 spiro atoms. The van der Waals surface area contributed by atoms with Crippen LogP contribution in [0.5, 0.6) is 0 Å². The highest BCUT2D eigenvalue weighted by Gasteiger charge is 2.34. The van der Waals surface area contributed by atoms with Gasteiger partial charge in [0.15, 0.2) is 0 Å². The zero-order valence-corrected chi connectivity index (χ0v) is 16.4. The molecule has 0 aliphatic carbocycles. The van der Waals surface area contributed by atoms with Gasteiger partial charge in [-0.2, -0.15) is 13.2 Å². The second kappa shape index (κ2) is 9.01. The van der Waals surface area contributed by atoms with E-state index in [1.807, 2.05) is 13.8 Å². The summed E-state index contributed by atoms with van der Waals surface area (Å²) in [5.41, 5.74) is -0.755. The highest BCUT2D eigenvalue weighted by molar-refractivity contribution is 7.99. The van der Waals surface area contributed by atoms with Crippen LogP contribution in [-0.2, 0) is 15.8 Å². The van der Waals surface area contributed by atoms with E-state index in [9.17, 15) is 22.8 Å². The van der Waals surface area contributed by atoms with Crippen molar-refractivity contribution in [2.24, 2.45) is 5.92 Å². The third kappa shape index (κ3) is 5.90. The fourth-order valence-electron chi connectivity index (χ4n) is 2.40. The molecule has 1 aliphatic heterocycles. The van der Waals surface area contributed by atoms with Crippen LogP contribution >= 0.6 is 23.4 Å². The van der Waals surface area contributed by atoms with Gasteiger partial charge in [-0.1, -0.05) is 25.4 Å². The van der Waals surface area contributed by atoms with Crippen LogP contribution in [0.4, 0.5) is 13.2 Å². The summed E-state index contributed by atoms with van der Waals surface area (Å²) in [6.45, 7) is 4.44. The number of carbonyl (C=O) groups excluding carboxylic acids is 2. The molecule has 1 N–H and O–H groups in total. The molecular weight excluding hydrogens is 401 g/mol. The van der Waals surface area contributed by atoms with Crippen molar-refractivity contribution in [3.63, 3.8) is 0 Å². The predicted molar refractivity (Wildman–Crippen MR) is 101 cm³/mol. The Labute approximate surface area is 165 Å². The maximum Gasteiger partial charge on any atom is 0.416 e. The SMILES string of the molecule is CC(C)CNC(=O)C1CSCN1C(=O)C=Cc1cc(C(F)(F)F)ccc1Cl. The van der Waals surface area contributed by atoms with E-state index in [0.29, 0.717) is 18.2 Å². The highest BCUT2D eigenvalue weighted by Crippen LogP contribution is 2.32. The van der Waals surface area contributed by atoms with Crippen molar-refractivity contribution in [3.8, 4) is 0 Å². The van der Waals surface area contributed by atoms with Crippen molar-refractivity contribution in [2.45, 2.75) is 26.1 Å². The van der Waals surface area contributed by atoms with Crippen molar-refractivity contribution in [1.82, 2.24) is 10.2 Å². The molecule has 0 saturated carbocycles. The van der Waals surface area contributed by atoms with Crippen LogP contribution < -0.4 is 5.32 Å². The van der Waals surface area contributed by atoms with Crippen LogP contribution in [0.25, 0.3) is 6.08 Å². The lowest BCUT2D eigenvalue weighted by Crippen LogP contribution is -2.47. The average molecular weight is 421 g/mol. The maximum atomic E-state index is 12.8. The highest BCUT2D eigenvalue weighted by atomic mass is 35.5. The number of nitrogens with one attached hydrogen (secondary N) is 1. The fourth-order valence-corrected chi connectivity index (χ4v) is 3.75. The van der Waals surface area contributed by atoms with Crippen molar-refractivity contribution >= 4 is 41.3 Å². The van der Waals surface area contributed by atoms with E-state index in [-0.39, 0.29) is 22.4 Å². The van der Waals surface area contributed by atoms with Gasteiger partial charge >= 0.3 is 6.18 Å². The van der Waals surface area contributed by atoms with E-state index in [0.717, 1.165) is 24.3 Å². The molecule has 1 aliphatic rings. The topological polar surface area (TPSA) is 49.4 Å². The van der Waals surface area contributed by atoms with Gasteiger partial charge in [0.1, 0.15) is 6.04 Å². The van der Waals surface area contributed by atoms with Crippen molar-refractivity contribution in [1.29, 1.82) is 0 Å². The van der Waals surface area contributed by atoms with Gasteiger partial charge in [0.2, 0.25) is 11.8 Å². The minimum absolute atomic E-state index is 0.0903. The van der Waals surface area contributed by atoms with Crippen LogP contribution in [-0.4, -0.2) is 40.9 Å².